The molecule has 0 radical (unpaired) electrons. The largest absolute Gasteiger partial charge is 0.395 e. The molecule has 4 heteroatoms. The second-order valence-corrected chi connectivity index (χ2v) is 4.27. The third-order valence-corrected chi connectivity index (χ3v) is 3.07. The maximum Gasteiger partial charge on any atom is 0.315 e. The highest BCUT2D eigenvalue weighted by Crippen LogP contribution is 2.29. The van der Waals surface area contributed by atoms with Crippen LogP contribution in [0.2, 0.25) is 0 Å². The summed E-state index contributed by atoms with van der Waals surface area (Å²) >= 11 is 0. The van der Waals surface area contributed by atoms with Crippen molar-refractivity contribution in [3.8, 4) is 0 Å². The summed E-state index contributed by atoms with van der Waals surface area (Å²) in [5.41, 5.74) is 2.55. The van der Waals surface area contributed by atoms with Gasteiger partial charge in [0.2, 0.25) is 0 Å². The van der Waals surface area contributed by atoms with Crippen molar-refractivity contribution in [3.63, 3.8) is 0 Å². The van der Waals surface area contributed by atoms with Crippen LogP contribution < -0.4 is 10.6 Å². The molecule has 0 aliphatic heterocycles. The third-order valence-electron chi connectivity index (χ3n) is 3.07. The number of aliphatic hydroxyl groups excluding tert-OH is 1. The first-order chi connectivity index (χ1) is 8.31. The minimum Gasteiger partial charge on any atom is -0.395 e. The highest BCUT2D eigenvalue weighted by atomic mass is 16.3. The maximum absolute atomic E-state index is 11.5. The normalized spacial score (nSPS) is 18.3. The number of hydrogen-bond donors (Lipinski definition) is 3. The number of carbonyl (C=O) groups is 1. The summed E-state index contributed by atoms with van der Waals surface area (Å²) in [4.78, 5) is 11.5. The maximum atomic E-state index is 11.5. The zero-order valence-electron chi connectivity index (χ0n) is 9.78. The lowest BCUT2D eigenvalue weighted by molar-refractivity contribution is 0.229. The van der Waals surface area contributed by atoms with Crippen molar-refractivity contribution >= 4 is 6.03 Å². The van der Waals surface area contributed by atoms with Gasteiger partial charge >= 0.3 is 6.03 Å². The number of nitrogens with one attached hydrogen (secondary N) is 2. The molecule has 1 aromatic carbocycles. The quantitative estimate of drug-likeness (QED) is 0.739. The first kappa shape index (κ1) is 11.9. The summed E-state index contributed by atoms with van der Waals surface area (Å²) in [5.74, 6) is 0. The predicted octanol–water partition coefficient (Wildman–Crippen LogP) is 1.36. The molecule has 2 amide bonds. The Balaban J connectivity index is 2.01. The molecule has 1 atom stereocenters. The van der Waals surface area contributed by atoms with Crippen molar-refractivity contribution in [2.45, 2.75) is 25.3 Å². The van der Waals surface area contributed by atoms with Crippen molar-refractivity contribution in [3.05, 3.63) is 35.4 Å². The molecule has 2 rings (SSSR count). The lowest BCUT2D eigenvalue weighted by Gasteiger charge is -2.26. The number of aliphatic hydroxyl groups is 1. The molecule has 92 valence electrons. The lowest BCUT2D eigenvalue weighted by Crippen LogP contribution is -2.40. The third kappa shape index (κ3) is 2.97. The van der Waals surface area contributed by atoms with E-state index in [2.05, 4.69) is 22.8 Å². The van der Waals surface area contributed by atoms with E-state index in [1.807, 2.05) is 12.1 Å². The molecule has 0 saturated heterocycles. The number of amides is 2. The minimum atomic E-state index is -0.208. The van der Waals surface area contributed by atoms with Gasteiger partial charge in [0.05, 0.1) is 12.6 Å². The Morgan fingerprint density at radius 2 is 2.24 bits per heavy atom. The number of carbonyl (C=O) groups excluding carboxylic acids is 1. The van der Waals surface area contributed by atoms with Crippen molar-refractivity contribution in [2.75, 3.05) is 13.2 Å². The molecular formula is C13H18N2O2. The van der Waals surface area contributed by atoms with Crippen LogP contribution in [0.1, 0.15) is 30.0 Å². The highest BCUT2D eigenvalue weighted by Gasteiger charge is 2.20. The first-order valence-corrected chi connectivity index (χ1v) is 6.04. The number of benzene rings is 1. The van der Waals surface area contributed by atoms with Gasteiger partial charge in [-0.25, -0.2) is 4.79 Å². The summed E-state index contributed by atoms with van der Waals surface area (Å²) in [6.45, 7) is 0.259. The first-order valence-electron chi connectivity index (χ1n) is 6.04. The molecule has 1 aliphatic rings. The highest BCUT2D eigenvalue weighted by molar-refractivity contribution is 5.74. The van der Waals surface area contributed by atoms with Crippen molar-refractivity contribution < 1.29 is 9.90 Å². The molecule has 17 heavy (non-hydrogen) atoms. The average Bonchev–Trinajstić information content (AvgIpc) is 2.37. The Labute approximate surface area is 101 Å². The van der Waals surface area contributed by atoms with Gasteiger partial charge in [-0.2, -0.15) is 0 Å². The van der Waals surface area contributed by atoms with Crippen LogP contribution in [-0.4, -0.2) is 24.3 Å². The van der Waals surface area contributed by atoms with Crippen LogP contribution in [0, 0.1) is 0 Å². The molecule has 0 aromatic heterocycles. The predicted molar refractivity (Wildman–Crippen MR) is 65.7 cm³/mol. The Hall–Kier alpha value is -1.55. The van der Waals surface area contributed by atoms with Gasteiger partial charge in [-0.05, 0) is 30.4 Å². The van der Waals surface area contributed by atoms with Gasteiger partial charge in [0.1, 0.15) is 0 Å². The zero-order chi connectivity index (χ0) is 12.1. The molecule has 0 spiro atoms. The van der Waals surface area contributed by atoms with Crippen LogP contribution in [-0.2, 0) is 6.42 Å². The van der Waals surface area contributed by atoms with E-state index in [0.29, 0.717) is 6.54 Å². The van der Waals surface area contributed by atoms with Gasteiger partial charge in [0, 0.05) is 6.54 Å². The summed E-state index contributed by atoms with van der Waals surface area (Å²) < 4.78 is 0. The van der Waals surface area contributed by atoms with Gasteiger partial charge in [-0.1, -0.05) is 24.3 Å². The van der Waals surface area contributed by atoms with Crippen LogP contribution >= 0.6 is 0 Å². The number of hydrogen-bond acceptors (Lipinski definition) is 2. The molecule has 0 heterocycles. The Kier molecular flexibility index (Phi) is 3.98. The fourth-order valence-corrected chi connectivity index (χ4v) is 2.28. The fraction of sp³-hybridized carbons (Fsp3) is 0.462. The zero-order valence-corrected chi connectivity index (χ0v) is 9.78. The average molecular weight is 234 g/mol. The monoisotopic (exact) mass is 234 g/mol. The number of urea groups is 1. The molecule has 3 N–H and O–H groups in total. The fourth-order valence-electron chi connectivity index (χ4n) is 2.28. The van der Waals surface area contributed by atoms with E-state index >= 15 is 0 Å². The molecule has 0 saturated carbocycles. The van der Waals surface area contributed by atoms with Gasteiger partial charge in [-0.15, -0.1) is 0 Å². The smallest absolute Gasteiger partial charge is 0.315 e. The topological polar surface area (TPSA) is 61.4 Å². The van der Waals surface area contributed by atoms with Crippen LogP contribution in [0.5, 0.6) is 0 Å². The summed E-state index contributed by atoms with van der Waals surface area (Å²) in [6, 6.07) is 8.12. The van der Waals surface area contributed by atoms with Gasteiger partial charge in [0.25, 0.3) is 0 Å². The standard InChI is InChI=1S/C13H18N2O2/c16-9-8-14-13(17)15-12-7-3-5-10-4-1-2-6-11(10)12/h1-2,4,6,12,16H,3,5,7-9H2,(H2,14,15,17). The van der Waals surface area contributed by atoms with E-state index in [0.717, 1.165) is 19.3 Å². The van der Waals surface area contributed by atoms with Crippen molar-refractivity contribution in [1.29, 1.82) is 0 Å². The van der Waals surface area contributed by atoms with Crippen molar-refractivity contribution in [1.82, 2.24) is 10.6 Å². The lowest BCUT2D eigenvalue weighted by atomic mass is 9.88. The molecule has 1 aliphatic carbocycles. The number of rotatable bonds is 3. The number of fused-ring (bicyclic) bond motifs is 1. The Bertz CT molecular complexity index is 393. The van der Waals surface area contributed by atoms with E-state index in [-0.39, 0.29) is 18.7 Å². The molecular weight excluding hydrogens is 216 g/mol. The van der Waals surface area contributed by atoms with E-state index < -0.39 is 0 Å². The summed E-state index contributed by atoms with van der Waals surface area (Å²) in [5, 5.41) is 14.2. The minimum absolute atomic E-state index is 0.0331. The molecule has 1 unspecified atom stereocenters. The van der Waals surface area contributed by atoms with Gasteiger partial charge in [-0.3, -0.25) is 0 Å². The Morgan fingerprint density at radius 3 is 3.06 bits per heavy atom. The van der Waals surface area contributed by atoms with Crippen LogP contribution in [0.25, 0.3) is 0 Å². The van der Waals surface area contributed by atoms with E-state index in [1.54, 1.807) is 0 Å². The molecule has 0 bridgehead atoms. The van der Waals surface area contributed by atoms with Crippen LogP contribution in [0.3, 0.4) is 0 Å². The number of aryl methyl sites for hydroxylation is 1. The summed E-state index contributed by atoms with van der Waals surface area (Å²) in [6.07, 6.45) is 3.16. The molecule has 0 fully saturated rings. The van der Waals surface area contributed by atoms with E-state index in [1.165, 1.54) is 11.1 Å². The Morgan fingerprint density at radius 1 is 1.41 bits per heavy atom. The van der Waals surface area contributed by atoms with E-state index in [4.69, 9.17) is 5.11 Å². The van der Waals surface area contributed by atoms with Gasteiger partial charge in [0.15, 0.2) is 0 Å². The molecule has 1 aromatic rings. The van der Waals surface area contributed by atoms with Crippen LogP contribution in [0.4, 0.5) is 4.79 Å². The second-order valence-electron chi connectivity index (χ2n) is 4.27. The second kappa shape index (κ2) is 5.68. The SMILES string of the molecule is O=C(NCCO)NC1CCCc2ccccc21. The van der Waals surface area contributed by atoms with Crippen molar-refractivity contribution in [2.24, 2.45) is 0 Å². The summed E-state index contributed by atoms with van der Waals surface area (Å²) in [7, 11) is 0. The van der Waals surface area contributed by atoms with Gasteiger partial charge < -0.3 is 15.7 Å². The van der Waals surface area contributed by atoms with Crippen LogP contribution in [0.15, 0.2) is 24.3 Å². The van der Waals surface area contributed by atoms with E-state index in [9.17, 15) is 4.79 Å². The molecule has 4 nitrogen and oxygen atoms in total.